The Morgan fingerprint density at radius 1 is 0.897 bits per heavy atom. The largest absolute Gasteiger partial charge is 0.384 e. The molecule has 0 aromatic rings. The molecule has 4 rings (SSSR count). The lowest BCUT2D eigenvalue weighted by Crippen LogP contribution is -2.27. The molecule has 4 atom stereocenters. The monoisotopic (exact) mass is 418 g/mol. The van der Waals surface area contributed by atoms with Gasteiger partial charge in [0.15, 0.2) is 5.79 Å². The van der Waals surface area contributed by atoms with Crippen LogP contribution in [0, 0.1) is 17.3 Å². The van der Waals surface area contributed by atoms with Gasteiger partial charge in [-0.1, -0.05) is 27.7 Å². The van der Waals surface area contributed by atoms with Gasteiger partial charge in [-0.2, -0.15) is 0 Å². The van der Waals surface area contributed by atoms with E-state index in [1.807, 2.05) is 13.8 Å². The first-order chi connectivity index (χ1) is 13.5. The predicted octanol–water partition coefficient (Wildman–Crippen LogP) is 5.00. The fourth-order valence-corrected chi connectivity index (χ4v) is 2.80. The molecular weight excluding hydrogens is 372 g/mol. The van der Waals surface area contributed by atoms with Gasteiger partial charge in [-0.25, -0.2) is 0 Å². The molecule has 6 nitrogen and oxygen atoms in total. The van der Waals surface area contributed by atoms with E-state index >= 15 is 0 Å². The molecule has 4 unspecified atom stereocenters. The first-order valence-electron chi connectivity index (χ1n) is 11.1. The highest BCUT2D eigenvalue weighted by Gasteiger charge is 2.36. The zero-order valence-electron chi connectivity index (χ0n) is 20.3. The Bertz CT molecular complexity index is 441. The Morgan fingerprint density at radius 3 is 1.59 bits per heavy atom. The summed E-state index contributed by atoms with van der Waals surface area (Å²) in [7, 11) is 3.33. The van der Waals surface area contributed by atoms with Crippen LogP contribution in [-0.4, -0.2) is 58.5 Å². The molecular formula is C23H46O6. The summed E-state index contributed by atoms with van der Waals surface area (Å²) in [4.78, 5) is 0. The summed E-state index contributed by atoms with van der Waals surface area (Å²) >= 11 is 0. The van der Waals surface area contributed by atoms with Crippen LogP contribution in [-0.2, 0) is 28.4 Å². The second-order valence-corrected chi connectivity index (χ2v) is 9.42. The third kappa shape index (κ3) is 11.1. The molecule has 6 heteroatoms. The van der Waals surface area contributed by atoms with Gasteiger partial charge < -0.3 is 28.4 Å². The maximum Gasteiger partial charge on any atom is 0.279 e. The predicted molar refractivity (Wildman–Crippen MR) is 115 cm³/mol. The van der Waals surface area contributed by atoms with Crippen molar-refractivity contribution in [3.63, 3.8) is 0 Å². The molecule has 0 aromatic heterocycles. The molecule has 0 radical (unpaired) electrons. The lowest BCUT2D eigenvalue weighted by molar-refractivity contribution is -0.306. The van der Waals surface area contributed by atoms with E-state index in [0.717, 1.165) is 31.5 Å². The number of ether oxygens (including phenoxy) is 6. The third-order valence-electron chi connectivity index (χ3n) is 6.01. The minimum atomic E-state index is -0.764. The van der Waals surface area contributed by atoms with Crippen molar-refractivity contribution in [1.82, 2.24) is 0 Å². The Kier molecular flexibility index (Phi) is 11.1. The minimum Gasteiger partial charge on any atom is -0.384 e. The molecule has 4 fully saturated rings. The quantitative estimate of drug-likeness (QED) is 0.641. The van der Waals surface area contributed by atoms with Crippen molar-refractivity contribution in [1.29, 1.82) is 0 Å². The zero-order chi connectivity index (χ0) is 22.1. The van der Waals surface area contributed by atoms with Gasteiger partial charge in [0, 0.05) is 21.1 Å². The van der Waals surface area contributed by atoms with Crippen LogP contribution in [0.25, 0.3) is 0 Å². The molecule has 0 amide bonds. The van der Waals surface area contributed by atoms with Crippen LogP contribution in [0.15, 0.2) is 0 Å². The van der Waals surface area contributed by atoms with E-state index in [4.69, 9.17) is 28.4 Å². The van der Waals surface area contributed by atoms with Gasteiger partial charge in [0.2, 0.25) is 0 Å². The number of hydrogen-bond donors (Lipinski definition) is 0. The van der Waals surface area contributed by atoms with Crippen LogP contribution in [0.3, 0.4) is 0 Å². The summed E-state index contributed by atoms with van der Waals surface area (Å²) in [6, 6.07) is 0. The van der Waals surface area contributed by atoms with Crippen LogP contribution in [0.2, 0.25) is 0 Å². The fourth-order valence-electron chi connectivity index (χ4n) is 2.80. The van der Waals surface area contributed by atoms with Crippen molar-refractivity contribution in [3.8, 4) is 0 Å². The number of methoxy groups -OCH3 is 2. The molecule has 2 saturated carbocycles. The van der Waals surface area contributed by atoms with Crippen LogP contribution in [0.4, 0.5) is 0 Å². The highest BCUT2D eigenvalue weighted by Crippen LogP contribution is 2.44. The van der Waals surface area contributed by atoms with E-state index in [9.17, 15) is 0 Å². The SMILES string of the molecule is CC1CC1C.CCC1(C)OCC(C)O1.COC1(C)OCCO1.COCC1(C)CC1. The number of hydrogen-bond acceptors (Lipinski definition) is 6. The van der Waals surface area contributed by atoms with Crippen molar-refractivity contribution in [2.75, 3.05) is 40.6 Å². The molecule has 0 N–H and O–H groups in total. The van der Waals surface area contributed by atoms with Crippen molar-refractivity contribution >= 4 is 0 Å². The molecule has 2 aliphatic carbocycles. The van der Waals surface area contributed by atoms with Crippen molar-refractivity contribution in [2.24, 2.45) is 17.3 Å². The maximum atomic E-state index is 5.48. The summed E-state index contributed by atoms with van der Waals surface area (Å²) < 4.78 is 30.8. The summed E-state index contributed by atoms with van der Waals surface area (Å²) in [5, 5.41) is 0. The molecule has 0 spiro atoms. The first kappa shape index (κ1) is 26.8. The fraction of sp³-hybridized carbons (Fsp3) is 1.00. The first-order valence-corrected chi connectivity index (χ1v) is 11.1. The summed E-state index contributed by atoms with van der Waals surface area (Å²) in [5.74, 6) is 1.05. The Balaban J connectivity index is 0.000000197. The van der Waals surface area contributed by atoms with Crippen molar-refractivity contribution in [2.45, 2.75) is 92.0 Å². The minimum absolute atomic E-state index is 0.273. The molecule has 0 bridgehead atoms. The molecule has 174 valence electrons. The van der Waals surface area contributed by atoms with Crippen LogP contribution in [0.1, 0.15) is 74.1 Å². The van der Waals surface area contributed by atoms with Gasteiger partial charge in [0.1, 0.15) is 0 Å². The Hall–Kier alpha value is -0.240. The second-order valence-electron chi connectivity index (χ2n) is 9.42. The average Bonchev–Trinajstić information content (AvgIpc) is 3.44. The standard InChI is InChI=1S/C7H14O2.C6H12O.C5H10O3.C5H10/c1-4-7(3)8-5-6(2)9-7;1-6(3-4-6)5-7-2;1-5(6-2)7-3-4-8-5;1-4-3-5(4)2/h6H,4-5H2,1-3H3;3-5H2,1-2H3;3-4H2,1-2H3;4-5H,3H2,1-2H3. The normalized spacial score (nSPS) is 35.3. The maximum absolute atomic E-state index is 5.48. The van der Waals surface area contributed by atoms with Crippen LogP contribution in [0.5, 0.6) is 0 Å². The lowest BCUT2D eigenvalue weighted by atomic mass is 10.2. The summed E-state index contributed by atoms with van der Waals surface area (Å²) in [6.07, 6.45) is 5.40. The van der Waals surface area contributed by atoms with E-state index in [0.29, 0.717) is 18.6 Å². The smallest absolute Gasteiger partial charge is 0.279 e. The lowest BCUT2D eigenvalue weighted by Gasteiger charge is -2.19. The Labute approximate surface area is 178 Å². The van der Waals surface area contributed by atoms with E-state index in [1.165, 1.54) is 19.3 Å². The van der Waals surface area contributed by atoms with Gasteiger partial charge in [-0.3, -0.25) is 0 Å². The number of rotatable bonds is 4. The van der Waals surface area contributed by atoms with Crippen LogP contribution < -0.4 is 0 Å². The molecule has 2 heterocycles. The van der Waals surface area contributed by atoms with E-state index in [2.05, 4.69) is 27.7 Å². The Morgan fingerprint density at radius 2 is 1.41 bits per heavy atom. The van der Waals surface area contributed by atoms with Gasteiger partial charge in [0.25, 0.3) is 5.97 Å². The van der Waals surface area contributed by atoms with E-state index in [1.54, 1.807) is 21.1 Å². The summed E-state index contributed by atoms with van der Waals surface area (Å²) in [6.45, 7) is 17.6. The highest BCUT2D eigenvalue weighted by molar-refractivity contribution is 4.87. The van der Waals surface area contributed by atoms with Crippen LogP contribution >= 0.6 is 0 Å². The summed E-state index contributed by atoms with van der Waals surface area (Å²) in [5.41, 5.74) is 0.578. The molecule has 0 aromatic carbocycles. The average molecular weight is 419 g/mol. The zero-order valence-corrected chi connectivity index (χ0v) is 20.3. The van der Waals surface area contributed by atoms with Gasteiger partial charge in [-0.15, -0.1) is 0 Å². The van der Waals surface area contributed by atoms with Gasteiger partial charge >= 0.3 is 0 Å². The molecule has 4 aliphatic rings. The van der Waals surface area contributed by atoms with E-state index < -0.39 is 5.97 Å². The van der Waals surface area contributed by atoms with Gasteiger partial charge in [-0.05, 0) is 56.8 Å². The molecule has 2 aliphatic heterocycles. The van der Waals surface area contributed by atoms with E-state index in [-0.39, 0.29) is 11.9 Å². The topological polar surface area (TPSA) is 55.4 Å². The highest BCUT2D eigenvalue weighted by atomic mass is 16.9. The van der Waals surface area contributed by atoms with Gasteiger partial charge in [0.05, 0.1) is 32.5 Å². The van der Waals surface area contributed by atoms with Crippen molar-refractivity contribution < 1.29 is 28.4 Å². The third-order valence-corrected chi connectivity index (χ3v) is 6.01. The molecule has 29 heavy (non-hydrogen) atoms. The van der Waals surface area contributed by atoms with Crippen molar-refractivity contribution in [3.05, 3.63) is 0 Å². The molecule has 2 saturated heterocycles. The second kappa shape index (κ2) is 12.0.